The molecule has 0 spiro atoms. The molecule has 0 unspecified atom stereocenters. The number of nitrogens with one attached hydrogen (secondary N) is 2. The van der Waals surface area contributed by atoms with Crippen molar-refractivity contribution in [3.63, 3.8) is 0 Å². The molecule has 1 fully saturated rings. The number of piperazine rings is 1. The third-order valence-corrected chi connectivity index (χ3v) is 6.36. The van der Waals surface area contributed by atoms with Crippen LogP contribution in [0.2, 0.25) is 0 Å². The van der Waals surface area contributed by atoms with Crippen molar-refractivity contribution in [3.05, 3.63) is 75.6 Å². The third-order valence-electron chi connectivity index (χ3n) is 6.36. The molecule has 0 saturated carbocycles. The Kier molecular flexibility index (Phi) is 7.42. The number of carbonyl (C=O) groups is 1. The highest BCUT2D eigenvalue weighted by atomic mass is 19.3. The fourth-order valence-corrected chi connectivity index (χ4v) is 4.32. The van der Waals surface area contributed by atoms with Gasteiger partial charge in [0.25, 0.3) is 17.9 Å². The van der Waals surface area contributed by atoms with Gasteiger partial charge in [0.05, 0.1) is 23.0 Å². The van der Waals surface area contributed by atoms with E-state index in [1.165, 1.54) is 24.3 Å². The second-order valence-corrected chi connectivity index (χ2v) is 8.90. The average molecular weight is 566 g/mol. The molecule has 5 rings (SSSR count). The number of hydrogen-bond acceptors (Lipinski definition) is 7. The van der Waals surface area contributed by atoms with Crippen LogP contribution in [0, 0.1) is 11.8 Å². The monoisotopic (exact) mass is 566 g/mol. The average Bonchev–Trinajstić information content (AvgIpc) is 3.42. The Labute approximate surface area is 221 Å². The molecule has 1 aromatic carbocycles. The van der Waals surface area contributed by atoms with Crippen LogP contribution in [0.25, 0.3) is 11.0 Å². The largest absolute Gasteiger partial charge is 0.365 e. The first kappa shape index (κ1) is 27.1. The topological polar surface area (TPSA) is 112 Å². The fraction of sp³-hybridized carbons (Fsp3) is 0.292. The first-order valence-electron chi connectivity index (χ1n) is 11.9. The highest BCUT2D eigenvalue weighted by Gasteiger charge is 2.23. The van der Waals surface area contributed by atoms with E-state index in [4.69, 9.17) is 0 Å². The van der Waals surface area contributed by atoms with E-state index in [0.717, 1.165) is 12.4 Å². The number of nitrogens with zero attached hydrogens (tertiary/aromatic N) is 6. The minimum atomic E-state index is -3.09. The molecule has 10 nitrogen and oxygen atoms in total. The molecule has 210 valence electrons. The molecule has 2 N–H and O–H groups in total. The Morgan fingerprint density at radius 3 is 2.42 bits per heavy atom. The summed E-state index contributed by atoms with van der Waals surface area (Å²) in [6.07, 6.45) is -1.28. The number of fused-ring (bicyclic) bond motifs is 1. The molecule has 1 aliphatic heterocycles. The van der Waals surface area contributed by atoms with Gasteiger partial charge in [-0.1, -0.05) is 6.07 Å². The van der Waals surface area contributed by atoms with E-state index in [-0.39, 0.29) is 40.2 Å². The number of benzene rings is 1. The van der Waals surface area contributed by atoms with E-state index in [0.29, 0.717) is 30.9 Å². The number of aromatic amines is 1. The Hall–Kier alpha value is -4.47. The number of rotatable bonds is 7. The summed E-state index contributed by atoms with van der Waals surface area (Å²) in [4.78, 5) is 37.1. The van der Waals surface area contributed by atoms with Crippen LogP contribution in [0.4, 0.5) is 37.8 Å². The normalized spacial score (nSPS) is 14.4. The van der Waals surface area contributed by atoms with E-state index >= 15 is 4.39 Å². The number of amides is 1. The second kappa shape index (κ2) is 11.0. The number of carbonyl (C=O) groups excluding carboxylic acids is 1. The van der Waals surface area contributed by atoms with E-state index < -0.39 is 41.9 Å². The van der Waals surface area contributed by atoms with Gasteiger partial charge in [-0.25, -0.2) is 27.8 Å². The van der Waals surface area contributed by atoms with E-state index in [9.17, 15) is 31.5 Å². The van der Waals surface area contributed by atoms with Gasteiger partial charge in [-0.2, -0.15) is 18.3 Å². The van der Waals surface area contributed by atoms with E-state index in [1.54, 1.807) is 4.90 Å². The predicted octanol–water partition coefficient (Wildman–Crippen LogP) is 3.70. The summed E-state index contributed by atoms with van der Waals surface area (Å²) in [6.45, 7) is -1.19. The van der Waals surface area contributed by atoms with Crippen molar-refractivity contribution < 1.29 is 31.1 Å². The van der Waals surface area contributed by atoms with E-state index in [2.05, 4.69) is 25.4 Å². The summed E-state index contributed by atoms with van der Waals surface area (Å²) in [5.41, 5.74) is -2.22. The molecule has 0 atom stereocenters. The molecule has 1 saturated heterocycles. The van der Waals surface area contributed by atoms with Crippen molar-refractivity contribution in [2.75, 3.05) is 36.4 Å². The summed E-state index contributed by atoms with van der Waals surface area (Å²) in [7, 11) is 0. The first-order chi connectivity index (χ1) is 19.1. The van der Waals surface area contributed by atoms with Gasteiger partial charge in [0.2, 0.25) is 5.95 Å². The lowest BCUT2D eigenvalue weighted by Gasteiger charge is -2.36. The smallest absolute Gasteiger partial charge is 0.333 e. The van der Waals surface area contributed by atoms with Crippen molar-refractivity contribution in [2.24, 2.45) is 0 Å². The Morgan fingerprint density at radius 2 is 1.77 bits per heavy atom. The predicted molar refractivity (Wildman–Crippen MR) is 130 cm³/mol. The van der Waals surface area contributed by atoms with Crippen LogP contribution in [0.1, 0.15) is 34.6 Å². The van der Waals surface area contributed by atoms with Crippen molar-refractivity contribution in [3.8, 4) is 0 Å². The third kappa shape index (κ3) is 5.47. The van der Waals surface area contributed by atoms with Gasteiger partial charge in [-0.05, 0) is 18.2 Å². The summed E-state index contributed by atoms with van der Waals surface area (Å²) in [5.74, 6) is -2.51. The zero-order valence-electron chi connectivity index (χ0n) is 20.4. The molecule has 40 heavy (non-hydrogen) atoms. The van der Waals surface area contributed by atoms with Gasteiger partial charge in [0, 0.05) is 44.5 Å². The number of hydrogen-bond donors (Lipinski definition) is 2. The van der Waals surface area contributed by atoms with Crippen LogP contribution in [0.5, 0.6) is 0 Å². The number of H-pyrrole nitrogens is 1. The fourth-order valence-electron chi connectivity index (χ4n) is 4.32. The van der Waals surface area contributed by atoms with Crippen LogP contribution in [-0.2, 0) is 6.54 Å². The molecule has 4 aromatic rings. The number of alkyl halides is 4. The van der Waals surface area contributed by atoms with Crippen molar-refractivity contribution in [1.29, 1.82) is 0 Å². The molecule has 3 aromatic heterocycles. The summed E-state index contributed by atoms with van der Waals surface area (Å²) < 4.78 is 81.3. The van der Waals surface area contributed by atoms with Crippen molar-refractivity contribution >= 4 is 28.4 Å². The number of halogens is 6. The quantitative estimate of drug-likeness (QED) is 0.259. The maximum atomic E-state index is 15.0. The van der Waals surface area contributed by atoms with Gasteiger partial charge in [0.15, 0.2) is 11.5 Å². The molecule has 1 aliphatic rings. The van der Waals surface area contributed by atoms with Crippen LogP contribution < -0.4 is 15.8 Å². The van der Waals surface area contributed by atoms with Gasteiger partial charge < -0.3 is 15.2 Å². The molecule has 1 amide bonds. The maximum absolute atomic E-state index is 15.0. The highest BCUT2D eigenvalue weighted by molar-refractivity contribution is 6.03. The van der Waals surface area contributed by atoms with Gasteiger partial charge >= 0.3 is 6.55 Å². The van der Waals surface area contributed by atoms with Gasteiger partial charge in [-0.3, -0.25) is 14.5 Å². The summed E-state index contributed by atoms with van der Waals surface area (Å²) in [6, 6.07) is 5.58. The van der Waals surface area contributed by atoms with Crippen molar-refractivity contribution in [1.82, 2.24) is 29.6 Å². The van der Waals surface area contributed by atoms with Gasteiger partial charge in [-0.15, -0.1) is 0 Å². The zero-order chi connectivity index (χ0) is 28.6. The van der Waals surface area contributed by atoms with Crippen LogP contribution in [-0.4, -0.2) is 61.7 Å². The summed E-state index contributed by atoms with van der Waals surface area (Å²) in [5, 5.41) is 5.70. The number of aromatic nitrogens is 5. The SMILES string of the molecule is O=C(Nc1ccc(N2CCN(Cc3ccc4nc(C(F)F)c(=O)[nH]c4c3F)CC2)c(F)n1)c1cnn(C(F)F)c1. The molecule has 16 heteroatoms. The van der Waals surface area contributed by atoms with Crippen LogP contribution in [0.3, 0.4) is 0 Å². The minimum absolute atomic E-state index is 0.0909. The lowest BCUT2D eigenvalue weighted by molar-refractivity contribution is 0.0565. The maximum Gasteiger partial charge on any atom is 0.333 e. The van der Waals surface area contributed by atoms with Crippen LogP contribution in [0.15, 0.2) is 41.5 Å². The lowest BCUT2D eigenvalue weighted by atomic mass is 10.1. The Balaban J connectivity index is 1.21. The molecule has 0 radical (unpaired) electrons. The second-order valence-electron chi connectivity index (χ2n) is 8.90. The summed E-state index contributed by atoms with van der Waals surface area (Å²) >= 11 is 0. The lowest BCUT2D eigenvalue weighted by Crippen LogP contribution is -2.46. The number of anilines is 2. The minimum Gasteiger partial charge on any atom is -0.365 e. The molecule has 4 heterocycles. The van der Waals surface area contributed by atoms with E-state index in [1.807, 2.05) is 4.90 Å². The highest BCUT2D eigenvalue weighted by Crippen LogP contribution is 2.24. The Morgan fingerprint density at radius 1 is 1.02 bits per heavy atom. The standard InChI is InChI=1S/C24H20F6N8O2/c25-17-12(1-2-14-18(17)35-23(40)19(32-14)20(26)27)10-36-5-7-37(8-6-36)15-3-4-16(33-21(15)28)34-22(39)13-9-31-38(11-13)24(29)30/h1-4,9,11,20,24H,5-8,10H2,(H,35,40)(H,33,34,39). The number of pyridine rings is 1. The molecular formula is C24H20F6N8O2. The van der Waals surface area contributed by atoms with Crippen molar-refractivity contribution in [2.45, 2.75) is 19.5 Å². The molecule has 0 bridgehead atoms. The first-order valence-corrected chi connectivity index (χ1v) is 11.9. The molecular weight excluding hydrogens is 546 g/mol. The van der Waals surface area contributed by atoms with Gasteiger partial charge in [0.1, 0.15) is 11.3 Å². The zero-order valence-corrected chi connectivity index (χ0v) is 20.4. The van der Waals surface area contributed by atoms with Crippen LogP contribution >= 0.6 is 0 Å². The Bertz CT molecular complexity index is 1620. The molecule has 0 aliphatic carbocycles.